The quantitative estimate of drug-likeness (QED) is 0.824. The molecular formula is C14H17BrN2O2S. The Morgan fingerprint density at radius 3 is 2.75 bits per heavy atom. The van der Waals surface area contributed by atoms with Crippen LogP contribution in [0.25, 0.3) is 0 Å². The van der Waals surface area contributed by atoms with Crippen molar-refractivity contribution in [3.63, 3.8) is 0 Å². The maximum atomic E-state index is 12.3. The summed E-state index contributed by atoms with van der Waals surface area (Å²) in [5.74, 6) is 0.534. The zero-order valence-electron chi connectivity index (χ0n) is 11.3. The summed E-state index contributed by atoms with van der Waals surface area (Å²) in [5, 5.41) is 4.51. The van der Waals surface area contributed by atoms with Crippen LogP contribution >= 0.6 is 27.3 Å². The topological polar surface area (TPSA) is 49.4 Å². The fourth-order valence-electron chi connectivity index (χ4n) is 3.15. The molecule has 3 amide bonds. The van der Waals surface area contributed by atoms with E-state index >= 15 is 0 Å². The van der Waals surface area contributed by atoms with Crippen LogP contribution in [-0.2, 0) is 11.3 Å². The van der Waals surface area contributed by atoms with E-state index in [-0.39, 0.29) is 11.9 Å². The Balaban J connectivity index is 1.86. The average Bonchev–Trinajstić information content (AvgIpc) is 2.91. The maximum absolute atomic E-state index is 12.3. The van der Waals surface area contributed by atoms with Crippen LogP contribution in [0, 0.1) is 5.92 Å². The van der Waals surface area contributed by atoms with E-state index in [1.165, 1.54) is 0 Å². The van der Waals surface area contributed by atoms with Crippen molar-refractivity contribution in [2.24, 2.45) is 5.92 Å². The highest BCUT2D eigenvalue weighted by atomic mass is 79.9. The third-order valence-corrected chi connectivity index (χ3v) is 6.12. The van der Waals surface area contributed by atoms with Crippen LogP contribution in [-0.4, -0.2) is 22.4 Å². The van der Waals surface area contributed by atoms with E-state index < -0.39 is 5.54 Å². The summed E-state index contributed by atoms with van der Waals surface area (Å²) in [4.78, 5) is 27.3. The number of carbonyl (C=O) groups is 2. The van der Waals surface area contributed by atoms with Gasteiger partial charge in [0, 0.05) is 14.7 Å². The summed E-state index contributed by atoms with van der Waals surface area (Å²) < 4.78 is 1.02. The van der Waals surface area contributed by atoms with Crippen LogP contribution in [0.3, 0.4) is 0 Å². The molecule has 1 N–H and O–H groups in total. The van der Waals surface area contributed by atoms with E-state index in [0.29, 0.717) is 12.5 Å². The van der Waals surface area contributed by atoms with Crippen molar-refractivity contribution in [3.05, 3.63) is 20.8 Å². The van der Waals surface area contributed by atoms with Gasteiger partial charge >= 0.3 is 6.03 Å². The van der Waals surface area contributed by atoms with E-state index in [0.717, 1.165) is 35.0 Å². The SMILES string of the molecule is CC1CCC2(CC1)C(=O)NC(=O)N2Cc1cc(Br)cs1. The molecule has 2 aliphatic rings. The van der Waals surface area contributed by atoms with Gasteiger partial charge in [0.25, 0.3) is 5.91 Å². The molecule has 0 radical (unpaired) electrons. The number of imide groups is 1. The van der Waals surface area contributed by atoms with Gasteiger partial charge in [-0.3, -0.25) is 10.1 Å². The second-order valence-corrected chi connectivity index (χ2v) is 7.70. The lowest BCUT2D eigenvalue weighted by Crippen LogP contribution is -2.51. The molecule has 108 valence electrons. The van der Waals surface area contributed by atoms with Crippen LogP contribution in [0.1, 0.15) is 37.5 Å². The second-order valence-electron chi connectivity index (χ2n) is 5.79. The van der Waals surface area contributed by atoms with E-state index in [1.807, 2.05) is 11.4 Å². The first-order chi connectivity index (χ1) is 9.51. The molecule has 0 aromatic carbocycles. The molecule has 0 atom stereocenters. The highest BCUT2D eigenvalue weighted by Gasteiger charge is 2.53. The van der Waals surface area contributed by atoms with Gasteiger partial charge in [0.2, 0.25) is 0 Å². The number of carbonyl (C=O) groups excluding carboxylic acids is 2. The number of halogens is 1. The number of rotatable bonds is 2. The molecule has 4 nitrogen and oxygen atoms in total. The molecular weight excluding hydrogens is 340 g/mol. The van der Waals surface area contributed by atoms with Crippen molar-refractivity contribution in [1.29, 1.82) is 0 Å². The first-order valence-corrected chi connectivity index (χ1v) is 8.54. The molecule has 3 rings (SSSR count). The Morgan fingerprint density at radius 2 is 2.15 bits per heavy atom. The van der Waals surface area contributed by atoms with Crippen LogP contribution in [0.15, 0.2) is 15.9 Å². The number of urea groups is 1. The number of thiophene rings is 1. The third kappa shape index (κ3) is 2.29. The normalized spacial score (nSPS) is 30.1. The Labute approximate surface area is 130 Å². The van der Waals surface area contributed by atoms with Crippen molar-refractivity contribution in [3.8, 4) is 0 Å². The number of nitrogens with zero attached hydrogens (tertiary/aromatic N) is 1. The van der Waals surface area contributed by atoms with E-state index in [2.05, 4.69) is 28.2 Å². The molecule has 1 saturated heterocycles. The first-order valence-electron chi connectivity index (χ1n) is 6.87. The fraction of sp³-hybridized carbons (Fsp3) is 0.571. The van der Waals surface area contributed by atoms with Crippen LogP contribution in [0.5, 0.6) is 0 Å². The Hall–Kier alpha value is -0.880. The predicted octanol–water partition coefficient (Wildman–Crippen LogP) is 3.51. The molecule has 20 heavy (non-hydrogen) atoms. The standard InChI is InChI=1S/C14H17BrN2O2S/c1-9-2-4-14(5-3-9)12(18)16-13(19)17(14)7-11-6-10(15)8-20-11/h6,8-9H,2-5,7H2,1H3,(H,16,18,19). The molecule has 1 aromatic heterocycles. The molecule has 1 aliphatic carbocycles. The van der Waals surface area contributed by atoms with Gasteiger partial charge in [-0.1, -0.05) is 6.92 Å². The molecule has 1 aromatic rings. The van der Waals surface area contributed by atoms with Gasteiger partial charge in [0.1, 0.15) is 5.54 Å². The summed E-state index contributed by atoms with van der Waals surface area (Å²) >= 11 is 5.04. The molecule has 2 heterocycles. The number of hydrogen-bond donors (Lipinski definition) is 1. The second kappa shape index (κ2) is 5.15. The lowest BCUT2D eigenvalue weighted by atomic mass is 9.76. The van der Waals surface area contributed by atoms with Gasteiger partial charge in [0.05, 0.1) is 6.54 Å². The van der Waals surface area contributed by atoms with Gasteiger partial charge in [-0.15, -0.1) is 11.3 Å². The van der Waals surface area contributed by atoms with Crippen molar-refractivity contribution < 1.29 is 9.59 Å². The van der Waals surface area contributed by atoms with Crippen LogP contribution in [0.2, 0.25) is 0 Å². The van der Waals surface area contributed by atoms with Crippen LogP contribution in [0.4, 0.5) is 4.79 Å². The zero-order valence-corrected chi connectivity index (χ0v) is 13.7. The van der Waals surface area contributed by atoms with E-state index in [1.54, 1.807) is 16.2 Å². The predicted molar refractivity (Wildman–Crippen MR) is 81.5 cm³/mol. The highest BCUT2D eigenvalue weighted by Crippen LogP contribution is 2.40. The smallest absolute Gasteiger partial charge is 0.305 e. The Kier molecular flexibility index (Phi) is 3.62. The fourth-order valence-corrected chi connectivity index (χ4v) is 4.59. The van der Waals surface area contributed by atoms with Gasteiger partial charge in [-0.05, 0) is 53.6 Å². The summed E-state index contributed by atoms with van der Waals surface area (Å²) in [5.41, 5.74) is -0.611. The largest absolute Gasteiger partial charge is 0.325 e. The summed E-state index contributed by atoms with van der Waals surface area (Å²) in [6, 6.07) is 1.77. The highest BCUT2D eigenvalue weighted by molar-refractivity contribution is 9.10. The molecule has 1 aliphatic heterocycles. The van der Waals surface area contributed by atoms with E-state index in [4.69, 9.17) is 0 Å². The zero-order chi connectivity index (χ0) is 14.3. The van der Waals surface area contributed by atoms with Crippen molar-refractivity contribution in [1.82, 2.24) is 10.2 Å². The molecule has 1 spiro atoms. The number of nitrogens with one attached hydrogen (secondary N) is 1. The third-order valence-electron chi connectivity index (χ3n) is 4.44. The summed E-state index contributed by atoms with van der Waals surface area (Å²) in [6.45, 7) is 2.73. The first kappa shape index (κ1) is 14.1. The van der Waals surface area contributed by atoms with E-state index in [9.17, 15) is 9.59 Å². The van der Waals surface area contributed by atoms with Crippen LogP contribution < -0.4 is 5.32 Å². The van der Waals surface area contributed by atoms with Gasteiger partial charge in [0.15, 0.2) is 0 Å². The minimum absolute atomic E-state index is 0.106. The minimum atomic E-state index is -0.611. The maximum Gasteiger partial charge on any atom is 0.325 e. The monoisotopic (exact) mass is 356 g/mol. The van der Waals surface area contributed by atoms with Gasteiger partial charge in [-0.25, -0.2) is 4.79 Å². The number of amides is 3. The summed E-state index contributed by atoms with van der Waals surface area (Å²) in [6.07, 6.45) is 3.56. The van der Waals surface area contributed by atoms with Crippen molar-refractivity contribution >= 4 is 39.2 Å². The summed E-state index contributed by atoms with van der Waals surface area (Å²) in [7, 11) is 0. The number of hydrogen-bond acceptors (Lipinski definition) is 3. The van der Waals surface area contributed by atoms with Crippen molar-refractivity contribution in [2.75, 3.05) is 0 Å². The van der Waals surface area contributed by atoms with Crippen molar-refractivity contribution in [2.45, 2.75) is 44.7 Å². The molecule has 1 saturated carbocycles. The Morgan fingerprint density at radius 1 is 1.45 bits per heavy atom. The van der Waals surface area contributed by atoms with Gasteiger partial charge in [-0.2, -0.15) is 0 Å². The lowest BCUT2D eigenvalue weighted by Gasteiger charge is -2.39. The molecule has 2 fully saturated rings. The molecule has 6 heteroatoms. The minimum Gasteiger partial charge on any atom is -0.305 e. The van der Waals surface area contributed by atoms with Gasteiger partial charge < -0.3 is 4.90 Å². The Bertz CT molecular complexity index is 549. The lowest BCUT2D eigenvalue weighted by molar-refractivity contribution is -0.128. The average molecular weight is 357 g/mol. The molecule has 0 bridgehead atoms. The molecule has 0 unspecified atom stereocenters.